The van der Waals surface area contributed by atoms with Crippen molar-refractivity contribution < 1.29 is 23.2 Å². The Kier molecular flexibility index (Phi) is 6.62. The van der Waals surface area contributed by atoms with E-state index >= 15 is 0 Å². The predicted octanol–water partition coefficient (Wildman–Crippen LogP) is 4.23. The molecule has 0 radical (unpaired) electrons. The Labute approximate surface area is 162 Å². The molecular formula is C16H17ClF3N5O3. The summed E-state index contributed by atoms with van der Waals surface area (Å²) < 4.78 is 39.6. The van der Waals surface area contributed by atoms with E-state index in [0.717, 1.165) is 6.07 Å². The van der Waals surface area contributed by atoms with Gasteiger partial charge in [0.15, 0.2) is 5.69 Å². The van der Waals surface area contributed by atoms with E-state index in [4.69, 9.17) is 11.6 Å². The molecule has 1 heterocycles. The molecule has 28 heavy (non-hydrogen) atoms. The normalized spacial score (nSPS) is 12.7. The van der Waals surface area contributed by atoms with E-state index in [-0.39, 0.29) is 40.7 Å². The number of anilines is 3. The molecule has 1 atom stereocenters. The summed E-state index contributed by atoms with van der Waals surface area (Å²) in [6.45, 7) is 3.17. The quantitative estimate of drug-likeness (QED) is 0.454. The van der Waals surface area contributed by atoms with Crippen LogP contribution in [0, 0.1) is 16.0 Å². The van der Waals surface area contributed by atoms with Gasteiger partial charge in [-0.2, -0.15) is 18.2 Å². The molecule has 0 aliphatic rings. The maximum Gasteiger partial charge on any atom is 0.433 e. The summed E-state index contributed by atoms with van der Waals surface area (Å²) in [7, 11) is 0. The van der Waals surface area contributed by atoms with Crippen LogP contribution in [0.15, 0.2) is 24.3 Å². The minimum Gasteiger partial charge on any atom is -0.394 e. The maximum absolute atomic E-state index is 13.2. The lowest BCUT2D eigenvalue weighted by Gasteiger charge is -2.21. The van der Waals surface area contributed by atoms with Gasteiger partial charge in [-0.1, -0.05) is 25.4 Å². The average Bonchev–Trinajstić information content (AvgIpc) is 2.58. The molecule has 152 valence electrons. The van der Waals surface area contributed by atoms with Crippen LogP contribution in [-0.4, -0.2) is 32.6 Å². The van der Waals surface area contributed by atoms with Gasteiger partial charge in [0.1, 0.15) is 11.5 Å². The number of hydrogen-bond donors (Lipinski definition) is 3. The third-order valence-electron chi connectivity index (χ3n) is 3.75. The topological polar surface area (TPSA) is 113 Å². The lowest BCUT2D eigenvalue weighted by atomic mass is 10.1. The lowest BCUT2D eigenvalue weighted by molar-refractivity contribution is -0.383. The maximum atomic E-state index is 13.2. The Morgan fingerprint density at radius 1 is 1.29 bits per heavy atom. The van der Waals surface area contributed by atoms with Crippen LogP contribution in [0.4, 0.5) is 36.3 Å². The highest BCUT2D eigenvalue weighted by Crippen LogP contribution is 2.33. The van der Waals surface area contributed by atoms with E-state index in [0.29, 0.717) is 6.07 Å². The lowest BCUT2D eigenvalue weighted by Crippen LogP contribution is -2.30. The molecule has 8 nitrogen and oxygen atoms in total. The molecule has 2 aromatic rings. The van der Waals surface area contributed by atoms with Crippen molar-refractivity contribution in [1.29, 1.82) is 0 Å². The molecule has 3 N–H and O–H groups in total. The highest BCUT2D eigenvalue weighted by Gasteiger charge is 2.34. The fraction of sp³-hybridized carbons (Fsp3) is 0.375. The number of benzene rings is 1. The predicted molar refractivity (Wildman–Crippen MR) is 97.8 cm³/mol. The Bertz CT molecular complexity index is 864. The molecule has 0 aliphatic heterocycles. The number of nitrogens with one attached hydrogen (secondary N) is 2. The molecule has 0 aliphatic carbocycles. The van der Waals surface area contributed by atoms with Crippen molar-refractivity contribution in [1.82, 2.24) is 9.97 Å². The van der Waals surface area contributed by atoms with E-state index in [1.807, 2.05) is 0 Å². The number of alkyl halides is 3. The minimum atomic E-state index is -4.78. The third-order valence-corrected chi connectivity index (χ3v) is 3.99. The standard InChI is InChI=1S/C16H17ClF3N5O3/c1-8(2)11(7-26)22-15-23-13(16(18,19)20)6-14(24-15)21-10-5-9(17)3-4-12(10)25(27)28/h3-6,8,11,26H,7H2,1-2H3,(H2,21,22,23,24)/t11-/m1/s1. The number of nitrogens with zero attached hydrogens (tertiary/aromatic N) is 3. The number of rotatable bonds is 7. The second kappa shape index (κ2) is 8.57. The zero-order valence-corrected chi connectivity index (χ0v) is 15.5. The van der Waals surface area contributed by atoms with Crippen LogP contribution in [0.1, 0.15) is 19.5 Å². The molecule has 0 unspecified atom stereocenters. The van der Waals surface area contributed by atoms with Gasteiger partial charge in [0.05, 0.1) is 17.6 Å². The van der Waals surface area contributed by atoms with Crippen LogP contribution >= 0.6 is 11.6 Å². The first-order valence-corrected chi connectivity index (χ1v) is 8.43. The molecule has 2 rings (SSSR count). The second-order valence-corrected chi connectivity index (χ2v) is 6.62. The molecule has 1 aromatic heterocycles. The third kappa shape index (κ3) is 5.42. The van der Waals surface area contributed by atoms with Crippen LogP contribution in [0.2, 0.25) is 5.02 Å². The molecule has 0 spiro atoms. The Morgan fingerprint density at radius 2 is 1.96 bits per heavy atom. The monoisotopic (exact) mass is 419 g/mol. The van der Waals surface area contributed by atoms with Crippen LogP contribution in [0.25, 0.3) is 0 Å². The number of nitro benzene ring substituents is 1. The average molecular weight is 420 g/mol. The summed E-state index contributed by atoms with van der Waals surface area (Å²) in [5.41, 5.74) is -1.77. The summed E-state index contributed by atoms with van der Waals surface area (Å²) in [5.74, 6) is -0.820. The van der Waals surface area contributed by atoms with Crippen molar-refractivity contribution in [3.63, 3.8) is 0 Å². The molecular weight excluding hydrogens is 403 g/mol. The van der Waals surface area contributed by atoms with E-state index in [9.17, 15) is 28.4 Å². The molecule has 0 amide bonds. The number of aliphatic hydroxyl groups is 1. The van der Waals surface area contributed by atoms with Crippen molar-refractivity contribution in [3.8, 4) is 0 Å². The Morgan fingerprint density at radius 3 is 2.50 bits per heavy atom. The number of nitro groups is 1. The van der Waals surface area contributed by atoms with Crippen LogP contribution in [-0.2, 0) is 6.18 Å². The van der Waals surface area contributed by atoms with Crippen molar-refractivity contribution in [2.45, 2.75) is 26.1 Å². The Hall–Kier alpha value is -2.66. The largest absolute Gasteiger partial charge is 0.433 e. The molecule has 12 heteroatoms. The van der Waals surface area contributed by atoms with Crippen molar-refractivity contribution in [3.05, 3.63) is 45.1 Å². The summed E-state index contributed by atoms with van der Waals surface area (Å²) in [5, 5.41) is 25.8. The van der Waals surface area contributed by atoms with Gasteiger partial charge in [0.25, 0.3) is 5.69 Å². The van der Waals surface area contributed by atoms with Crippen LogP contribution < -0.4 is 10.6 Å². The van der Waals surface area contributed by atoms with Gasteiger partial charge < -0.3 is 15.7 Å². The van der Waals surface area contributed by atoms with E-state index in [1.165, 1.54) is 12.1 Å². The van der Waals surface area contributed by atoms with E-state index < -0.39 is 22.8 Å². The van der Waals surface area contributed by atoms with E-state index in [2.05, 4.69) is 20.6 Å². The summed E-state index contributed by atoms with van der Waals surface area (Å²) in [6.07, 6.45) is -4.78. The van der Waals surface area contributed by atoms with Gasteiger partial charge in [-0.15, -0.1) is 0 Å². The van der Waals surface area contributed by atoms with Crippen LogP contribution in [0.3, 0.4) is 0 Å². The number of aliphatic hydroxyl groups excluding tert-OH is 1. The first kappa shape index (κ1) is 21.6. The van der Waals surface area contributed by atoms with E-state index in [1.54, 1.807) is 13.8 Å². The zero-order chi connectivity index (χ0) is 21.1. The number of hydrogen-bond acceptors (Lipinski definition) is 7. The highest BCUT2D eigenvalue weighted by atomic mass is 35.5. The smallest absolute Gasteiger partial charge is 0.394 e. The summed E-state index contributed by atoms with van der Waals surface area (Å²) in [4.78, 5) is 17.8. The molecule has 0 fully saturated rings. The zero-order valence-electron chi connectivity index (χ0n) is 14.8. The fourth-order valence-corrected chi connectivity index (χ4v) is 2.39. The first-order valence-electron chi connectivity index (χ1n) is 8.06. The highest BCUT2D eigenvalue weighted by molar-refractivity contribution is 6.31. The molecule has 0 bridgehead atoms. The molecule has 1 aromatic carbocycles. The summed E-state index contributed by atoms with van der Waals surface area (Å²) in [6, 6.07) is 3.65. The second-order valence-electron chi connectivity index (χ2n) is 6.18. The van der Waals surface area contributed by atoms with Gasteiger partial charge in [-0.25, -0.2) is 4.98 Å². The van der Waals surface area contributed by atoms with Gasteiger partial charge in [-0.05, 0) is 18.1 Å². The molecule has 0 saturated heterocycles. The minimum absolute atomic E-state index is 0.117. The van der Waals surface area contributed by atoms with Gasteiger partial charge in [0.2, 0.25) is 5.95 Å². The number of aromatic nitrogens is 2. The number of halogens is 4. The van der Waals surface area contributed by atoms with Crippen LogP contribution in [0.5, 0.6) is 0 Å². The van der Waals surface area contributed by atoms with Crippen molar-refractivity contribution in [2.24, 2.45) is 5.92 Å². The summed E-state index contributed by atoms with van der Waals surface area (Å²) >= 11 is 5.83. The Balaban J connectivity index is 2.48. The first-order chi connectivity index (χ1) is 13.0. The van der Waals surface area contributed by atoms with Gasteiger partial charge in [0, 0.05) is 17.2 Å². The van der Waals surface area contributed by atoms with Crippen molar-refractivity contribution >= 4 is 34.7 Å². The van der Waals surface area contributed by atoms with Crippen molar-refractivity contribution in [2.75, 3.05) is 17.2 Å². The molecule has 0 saturated carbocycles. The fourth-order valence-electron chi connectivity index (χ4n) is 2.22. The van der Waals surface area contributed by atoms with Gasteiger partial charge in [-0.3, -0.25) is 10.1 Å². The SMILES string of the molecule is CC(C)[C@@H](CO)Nc1nc(Nc2cc(Cl)ccc2[N+](=O)[O-])cc(C(F)(F)F)n1. The van der Waals surface area contributed by atoms with Gasteiger partial charge >= 0.3 is 6.18 Å².